The predicted octanol–water partition coefficient (Wildman–Crippen LogP) is 11.1. The number of carbonyl (C=O) groups excluding carboxylic acids is 4. The van der Waals surface area contributed by atoms with E-state index in [0.717, 1.165) is 64.2 Å². The number of hydrogen-bond donors (Lipinski definition) is 6. The molecule has 0 aliphatic carbocycles. The van der Waals surface area contributed by atoms with Gasteiger partial charge in [-0.15, -0.1) is 0 Å². The van der Waals surface area contributed by atoms with Crippen LogP contribution in [0.15, 0.2) is 0 Å². The summed E-state index contributed by atoms with van der Waals surface area (Å²) in [4.78, 5) is 70.0. The number of ether oxygens (including phenoxy) is 5. The fraction of sp³-hybridized carbons (Fsp3) is 0.923. The monoisotopic (exact) mass is 1040 g/mol. The minimum absolute atomic E-state index is 0.0548. The first-order valence-corrected chi connectivity index (χ1v) is 30.7. The molecule has 0 saturated heterocycles. The fourth-order valence-corrected chi connectivity index (χ4v) is 8.99. The Labute approximate surface area is 429 Å². The van der Waals surface area contributed by atoms with Gasteiger partial charge in [-0.25, -0.2) is 9.59 Å². The van der Waals surface area contributed by atoms with E-state index in [1.54, 1.807) is 0 Å². The van der Waals surface area contributed by atoms with Crippen molar-refractivity contribution in [2.45, 2.75) is 226 Å². The van der Waals surface area contributed by atoms with Crippen molar-refractivity contribution in [2.24, 2.45) is 0 Å². The second-order valence-electron chi connectivity index (χ2n) is 18.6. The molecule has 0 aliphatic rings. The second-order valence-corrected chi connectivity index (χ2v) is 21.4. The summed E-state index contributed by atoms with van der Waals surface area (Å²) in [5, 5.41) is 11.4. The summed E-state index contributed by atoms with van der Waals surface area (Å²) < 4.78 is 38.3. The van der Waals surface area contributed by atoms with E-state index in [-0.39, 0.29) is 82.3 Å². The molecule has 0 aromatic rings. The average molecular weight is 1040 g/mol. The summed E-state index contributed by atoms with van der Waals surface area (Å²) in [6.07, 6.45) is 32.1. The highest BCUT2D eigenvalue weighted by Crippen LogP contribution is 2.33. The van der Waals surface area contributed by atoms with Crippen LogP contribution in [0.3, 0.4) is 0 Å². The number of hydrogen-bond acceptors (Lipinski definition) is 11. The molecule has 0 aromatic heterocycles. The quantitative estimate of drug-likeness (QED) is 0.0247. The Balaban J connectivity index is 5.19. The van der Waals surface area contributed by atoms with Crippen molar-refractivity contribution in [3.63, 3.8) is 0 Å². The van der Waals surface area contributed by atoms with E-state index in [2.05, 4.69) is 42.0 Å². The Morgan fingerprint density at radius 1 is 0.486 bits per heavy atom. The Kier molecular flexibility index (Phi) is 50.2. The van der Waals surface area contributed by atoms with Gasteiger partial charge in [-0.3, -0.25) is 14.2 Å². The second kappa shape index (κ2) is 51.7. The normalized spacial score (nSPS) is 12.4. The van der Waals surface area contributed by atoms with Gasteiger partial charge in [-0.1, -0.05) is 188 Å². The number of amides is 4. The van der Waals surface area contributed by atoms with Crippen LogP contribution in [0.25, 0.3) is 0 Å². The van der Waals surface area contributed by atoms with Crippen molar-refractivity contribution >= 4 is 43.4 Å². The first-order chi connectivity index (χ1) is 34.0. The lowest BCUT2D eigenvalue weighted by Crippen LogP contribution is -2.49. The molecule has 0 spiro atoms. The molecule has 70 heavy (non-hydrogen) atoms. The molecule has 0 radical (unpaired) electrons. The van der Waals surface area contributed by atoms with Gasteiger partial charge in [0.1, 0.15) is 18.8 Å². The van der Waals surface area contributed by atoms with Crippen molar-refractivity contribution in [2.75, 3.05) is 83.6 Å². The molecule has 0 unspecified atom stereocenters. The van der Waals surface area contributed by atoms with Crippen molar-refractivity contribution in [1.82, 2.24) is 21.3 Å². The minimum Gasteiger partial charge on any atom is -0.446 e. The van der Waals surface area contributed by atoms with E-state index < -0.39 is 31.9 Å². The standard InChI is InChI=1S/C52H103N4O12PS/c1-4-7-10-13-16-19-20-21-22-23-24-27-30-33-49(57)56-48(50(58)53-36-37-64-38-39-65-40-41-66-42-43-69(61,62)63)46-70-45-47(68-52(60)55-35-32-29-26-18-15-12-9-6-3)44-67-51(59)54-34-31-28-25-17-14-11-8-5-2/h47-48H,4-46H2,1-3H3,(H,53,58)(H,54,59)(H,55,60)(H,56,57)(H2,61,62,63)/t47-,48-/m1/s1. The third kappa shape index (κ3) is 50.8. The third-order valence-electron chi connectivity index (χ3n) is 11.8. The van der Waals surface area contributed by atoms with Gasteiger partial charge < -0.3 is 54.7 Å². The van der Waals surface area contributed by atoms with Gasteiger partial charge in [0, 0.05) is 37.6 Å². The van der Waals surface area contributed by atoms with Gasteiger partial charge in [0.2, 0.25) is 11.8 Å². The van der Waals surface area contributed by atoms with E-state index in [9.17, 15) is 23.7 Å². The summed E-state index contributed by atoms with van der Waals surface area (Å²) in [6, 6.07) is -0.860. The molecule has 18 heteroatoms. The maximum Gasteiger partial charge on any atom is 0.407 e. The maximum atomic E-state index is 13.5. The molecule has 4 amide bonds. The summed E-state index contributed by atoms with van der Waals surface area (Å²) >= 11 is 1.33. The molecule has 0 heterocycles. The van der Waals surface area contributed by atoms with Crippen molar-refractivity contribution in [3.05, 3.63) is 0 Å². The smallest absolute Gasteiger partial charge is 0.407 e. The summed E-state index contributed by atoms with van der Waals surface area (Å²) in [6.45, 7) is 8.83. The van der Waals surface area contributed by atoms with E-state index in [1.807, 2.05) is 0 Å². The van der Waals surface area contributed by atoms with Gasteiger partial charge in [-0.2, -0.15) is 11.8 Å². The van der Waals surface area contributed by atoms with Crippen LogP contribution in [0.2, 0.25) is 0 Å². The summed E-state index contributed by atoms with van der Waals surface area (Å²) in [7, 11) is -4.09. The van der Waals surface area contributed by atoms with Crippen LogP contribution in [0.4, 0.5) is 9.59 Å². The van der Waals surface area contributed by atoms with Crippen LogP contribution in [0.1, 0.15) is 213 Å². The highest BCUT2D eigenvalue weighted by molar-refractivity contribution is 7.99. The first-order valence-electron chi connectivity index (χ1n) is 27.8. The summed E-state index contributed by atoms with van der Waals surface area (Å²) in [5.41, 5.74) is 0. The zero-order chi connectivity index (χ0) is 51.4. The third-order valence-corrected chi connectivity index (χ3v) is 13.8. The van der Waals surface area contributed by atoms with Gasteiger partial charge >= 0.3 is 19.8 Å². The molecule has 0 fully saturated rings. The number of nitrogens with one attached hydrogen (secondary N) is 4. The topological polar surface area (TPSA) is 220 Å². The molecule has 16 nitrogen and oxygen atoms in total. The Morgan fingerprint density at radius 2 is 0.900 bits per heavy atom. The average Bonchev–Trinajstić information content (AvgIpc) is 3.33. The number of unbranched alkanes of at least 4 members (excludes halogenated alkanes) is 26. The van der Waals surface area contributed by atoms with Crippen LogP contribution in [0.5, 0.6) is 0 Å². The first kappa shape index (κ1) is 67.9. The van der Waals surface area contributed by atoms with E-state index >= 15 is 0 Å². The molecule has 6 N–H and O–H groups in total. The highest BCUT2D eigenvalue weighted by atomic mass is 32.2. The number of alkyl carbamates (subject to hydrolysis) is 2. The Bertz CT molecular complexity index is 1270. The minimum atomic E-state index is -4.09. The molecule has 0 aromatic carbocycles. The molecule has 0 bridgehead atoms. The molecule has 414 valence electrons. The lowest BCUT2D eigenvalue weighted by Gasteiger charge is -2.21. The zero-order valence-electron chi connectivity index (χ0n) is 44.4. The van der Waals surface area contributed by atoms with Crippen LogP contribution in [-0.4, -0.2) is 129 Å². The molecule has 0 aliphatic heterocycles. The van der Waals surface area contributed by atoms with Crippen molar-refractivity contribution < 1.29 is 57.2 Å². The van der Waals surface area contributed by atoms with Gasteiger partial charge in [0.15, 0.2) is 0 Å². The van der Waals surface area contributed by atoms with E-state index in [0.29, 0.717) is 19.5 Å². The number of rotatable bonds is 53. The van der Waals surface area contributed by atoms with Crippen LogP contribution >= 0.6 is 19.4 Å². The molecule has 2 atom stereocenters. The zero-order valence-corrected chi connectivity index (χ0v) is 46.1. The van der Waals surface area contributed by atoms with Gasteiger partial charge in [0.05, 0.1) is 45.8 Å². The van der Waals surface area contributed by atoms with Gasteiger partial charge in [-0.05, 0) is 19.3 Å². The lowest BCUT2D eigenvalue weighted by atomic mass is 10.0. The number of thioether (sulfide) groups is 1. The molecule has 0 rings (SSSR count). The predicted molar refractivity (Wildman–Crippen MR) is 285 cm³/mol. The Morgan fingerprint density at radius 3 is 1.37 bits per heavy atom. The van der Waals surface area contributed by atoms with Crippen LogP contribution in [0, 0.1) is 0 Å². The molecular weight excluding hydrogens is 936 g/mol. The number of carbonyl (C=O) groups is 4. The highest BCUT2D eigenvalue weighted by Gasteiger charge is 2.23. The van der Waals surface area contributed by atoms with Crippen molar-refractivity contribution in [3.8, 4) is 0 Å². The summed E-state index contributed by atoms with van der Waals surface area (Å²) in [5.74, 6) is -0.138. The Hall–Kier alpha value is -2.14. The van der Waals surface area contributed by atoms with Crippen molar-refractivity contribution in [1.29, 1.82) is 0 Å². The fourth-order valence-electron chi connectivity index (χ4n) is 7.59. The van der Waals surface area contributed by atoms with E-state index in [1.165, 1.54) is 134 Å². The lowest BCUT2D eigenvalue weighted by molar-refractivity contribution is -0.128. The van der Waals surface area contributed by atoms with Gasteiger partial charge in [0.25, 0.3) is 0 Å². The SMILES string of the molecule is CCCCCCCCCCCCCCCC(=O)N[C@H](CSC[C@@H](COC(=O)NCCCCCCCCCC)OC(=O)NCCCCCCCCCC)C(=O)NCCOCCOCCOCCP(=O)(O)O. The molecular formula is C52H103N4O12PS. The van der Waals surface area contributed by atoms with E-state index in [4.69, 9.17) is 33.5 Å². The largest absolute Gasteiger partial charge is 0.446 e. The molecule has 0 saturated carbocycles. The van der Waals surface area contributed by atoms with Crippen LogP contribution in [-0.2, 0) is 37.8 Å². The van der Waals surface area contributed by atoms with Crippen LogP contribution < -0.4 is 21.3 Å². The maximum absolute atomic E-state index is 13.5.